The Morgan fingerprint density at radius 2 is 1.81 bits per heavy atom. The Bertz CT molecular complexity index is 1230. The maximum Gasteiger partial charge on any atom is 0.416 e. The van der Waals surface area contributed by atoms with Crippen LogP contribution in [0.2, 0.25) is 0 Å². The molecule has 0 unspecified atom stereocenters. The number of hydrogen-bond donors (Lipinski definition) is 0. The molecule has 9 heteroatoms. The van der Waals surface area contributed by atoms with E-state index in [9.17, 15) is 13.2 Å². The molecule has 0 saturated carbocycles. The number of pyridine rings is 1. The van der Waals surface area contributed by atoms with Gasteiger partial charge in [-0.1, -0.05) is 30.0 Å². The number of thioether (sulfide) groups is 1. The highest BCUT2D eigenvalue weighted by molar-refractivity contribution is 7.98. The zero-order valence-corrected chi connectivity index (χ0v) is 16.7. The van der Waals surface area contributed by atoms with E-state index in [2.05, 4.69) is 21.3 Å². The summed E-state index contributed by atoms with van der Waals surface area (Å²) in [6.07, 6.45) is -1.27. The molecule has 0 spiro atoms. The second-order valence-electron chi connectivity index (χ2n) is 6.53. The van der Waals surface area contributed by atoms with Crippen molar-refractivity contribution in [3.05, 3.63) is 89.7 Å². The van der Waals surface area contributed by atoms with Crippen LogP contribution in [-0.4, -0.2) is 19.7 Å². The molecule has 0 atom stereocenters. The molecule has 2 aromatic carbocycles. The molecule has 0 aliphatic heterocycles. The lowest BCUT2D eigenvalue weighted by Gasteiger charge is -2.13. The Morgan fingerprint density at radius 3 is 2.48 bits per heavy atom. The summed E-state index contributed by atoms with van der Waals surface area (Å²) < 4.78 is 41.5. The van der Waals surface area contributed by atoms with Gasteiger partial charge >= 0.3 is 6.18 Å². The monoisotopic (exact) mass is 437 g/mol. The van der Waals surface area contributed by atoms with Gasteiger partial charge in [-0.05, 0) is 48.0 Å². The van der Waals surface area contributed by atoms with E-state index in [1.165, 1.54) is 17.8 Å². The molecule has 0 aliphatic carbocycles. The van der Waals surface area contributed by atoms with Gasteiger partial charge in [0.25, 0.3) is 0 Å². The molecule has 0 fully saturated rings. The number of aromatic nitrogens is 4. The Labute approximate surface area is 180 Å². The van der Waals surface area contributed by atoms with Gasteiger partial charge in [-0.3, -0.25) is 9.55 Å². The summed E-state index contributed by atoms with van der Waals surface area (Å²) in [6.45, 7) is 0. The summed E-state index contributed by atoms with van der Waals surface area (Å²) in [5, 5.41) is 17.8. The van der Waals surface area contributed by atoms with Crippen LogP contribution in [0.25, 0.3) is 17.1 Å². The number of hydrogen-bond acceptors (Lipinski definition) is 5. The predicted molar refractivity (Wildman–Crippen MR) is 110 cm³/mol. The van der Waals surface area contributed by atoms with Gasteiger partial charge in [0.2, 0.25) is 0 Å². The van der Waals surface area contributed by atoms with Crippen molar-refractivity contribution < 1.29 is 13.2 Å². The van der Waals surface area contributed by atoms with Gasteiger partial charge in [0.1, 0.15) is 0 Å². The maximum absolute atomic E-state index is 13.3. The van der Waals surface area contributed by atoms with Gasteiger partial charge < -0.3 is 0 Å². The summed E-state index contributed by atoms with van der Waals surface area (Å²) in [6, 6.07) is 17.7. The Morgan fingerprint density at radius 1 is 1.00 bits per heavy atom. The molecule has 2 heterocycles. The average molecular weight is 437 g/mol. The number of nitriles is 1. The number of nitrogens with zero attached hydrogens (tertiary/aromatic N) is 5. The van der Waals surface area contributed by atoms with Gasteiger partial charge in [0.05, 0.1) is 22.9 Å². The van der Waals surface area contributed by atoms with Crippen molar-refractivity contribution >= 4 is 11.8 Å². The minimum Gasteiger partial charge on any atom is -0.270 e. The fourth-order valence-electron chi connectivity index (χ4n) is 2.92. The fraction of sp³-hybridized carbons (Fsp3) is 0.0909. The summed E-state index contributed by atoms with van der Waals surface area (Å²) in [5.41, 5.74) is 1.70. The van der Waals surface area contributed by atoms with Crippen LogP contribution in [0.15, 0.2) is 78.2 Å². The molecule has 5 nitrogen and oxygen atoms in total. The third kappa shape index (κ3) is 4.59. The highest BCUT2D eigenvalue weighted by Gasteiger charge is 2.31. The van der Waals surface area contributed by atoms with Crippen molar-refractivity contribution in [2.75, 3.05) is 0 Å². The molecular formula is C22H14F3N5S. The van der Waals surface area contributed by atoms with Crippen molar-refractivity contribution in [3.8, 4) is 23.1 Å². The van der Waals surface area contributed by atoms with Gasteiger partial charge in [-0.15, -0.1) is 10.2 Å². The molecular weight excluding hydrogens is 423 g/mol. The van der Waals surface area contributed by atoms with Crippen molar-refractivity contribution in [1.29, 1.82) is 5.26 Å². The first kappa shape index (κ1) is 20.6. The normalized spacial score (nSPS) is 11.3. The summed E-state index contributed by atoms with van der Waals surface area (Å²) in [4.78, 5) is 4.08. The van der Waals surface area contributed by atoms with E-state index in [1.807, 2.05) is 12.1 Å². The Balaban J connectivity index is 1.74. The molecule has 0 amide bonds. The largest absolute Gasteiger partial charge is 0.416 e. The van der Waals surface area contributed by atoms with Crippen molar-refractivity contribution in [3.63, 3.8) is 0 Å². The van der Waals surface area contributed by atoms with E-state index < -0.39 is 11.7 Å². The number of benzene rings is 2. The molecule has 0 aliphatic rings. The van der Waals surface area contributed by atoms with Gasteiger partial charge in [-0.2, -0.15) is 18.4 Å². The molecule has 0 radical (unpaired) electrons. The third-order valence-electron chi connectivity index (χ3n) is 4.44. The number of halogens is 3. The van der Waals surface area contributed by atoms with E-state index >= 15 is 0 Å². The van der Waals surface area contributed by atoms with E-state index in [4.69, 9.17) is 5.26 Å². The van der Waals surface area contributed by atoms with Crippen LogP contribution in [0, 0.1) is 11.3 Å². The van der Waals surface area contributed by atoms with Crippen molar-refractivity contribution in [2.24, 2.45) is 0 Å². The van der Waals surface area contributed by atoms with Crippen LogP contribution >= 0.6 is 11.8 Å². The zero-order chi connectivity index (χ0) is 21.8. The van der Waals surface area contributed by atoms with Gasteiger partial charge in [0, 0.05) is 23.7 Å². The van der Waals surface area contributed by atoms with E-state index in [0.717, 1.165) is 17.7 Å². The minimum absolute atomic E-state index is 0.306. The summed E-state index contributed by atoms with van der Waals surface area (Å²) in [5.74, 6) is 0.908. The number of alkyl halides is 3. The van der Waals surface area contributed by atoms with E-state index in [1.54, 1.807) is 47.3 Å². The lowest BCUT2D eigenvalue weighted by molar-refractivity contribution is -0.137. The van der Waals surface area contributed by atoms with Gasteiger partial charge in [0.15, 0.2) is 11.0 Å². The first-order chi connectivity index (χ1) is 15.0. The third-order valence-corrected chi connectivity index (χ3v) is 5.44. The second kappa shape index (κ2) is 8.62. The molecule has 154 valence electrons. The molecule has 0 bridgehead atoms. The molecule has 0 N–H and O–H groups in total. The van der Waals surface area contributed by atoms with Crippen LogP contribution in [0.4, 0.5) is 13.2 Å². The first-order valence-corrected chi connectivity index (χ1v) is 10.1. The summed E-state index contributed by atoms with van der Waals surface area (Å²) in [7, 11) is 0. The highest BCUT2D eigenvalue weighted by Crippen LogP contribution is 2.33. The standard InChI is InChI=1S/C22H14F3N5S/c23-22(24,25)18-4-1-5-19(11-18)30-20(17-3-2-10-27-13-17)28-29-21(30)31-14-16-8-6-15(12-26)7-9-16/h1-11,13H,14H2. The first-order valence-electron chi connectivity index (χ1n) is 9.11. The minimum atomic E-state index is -4.46. The van der Waals surface area contributed by atoms with E-state index in [-0.39, 0.29) is 0 Å². The zero-order valence-electron chi connectivity index (χ0n) is 15.9. The fourth-order valence-corrected chi connectivity index (χ4v) is 3.83. The van der Waals surface area contributed by atoms with Gasteiger partial charge in [-0.25, -0.2) is 0 Å². The maximum atomic E-state index is 13.3. The van der Waals surface area contributed by atoms with Crippen LogP contribution in [0.5, 0.6) is 0 Å². The van der Waals surface area contributed by atoms with E-state index in [0.29, 0.717) is 33.5 Å². The van der Waals surface area contributed by atoms with Crippen LogP contribution in [0.1, 0.15) is 16.7 Å². The highest BCUT2D eigenvalue weighted by atomic mass is 32.2. The molecule has 4 rings (SSSR count). The van der Waals surface area contributed by atoms with Crippen LogP contribution < -0.4 is 0 Å². The topological polar surface area (TPSA) is 67.4 Å². The second-order valence-corrected chi connectivity index (χ2v) is 7.47. The predicted octanol–water partition coefficient (Wildman–Crippen LogP) is 5.51. The lowest BCUT2D eigenvalue weighted by Crippen LogP contribution is -2.07. The van der Waals surface area contributed by atoms with Crippen molar-refractivity contribution in [2.45, 2.75) is 17.1 Å². The smallest absolute Gasteiger partial charge is 0.270 e. The molecule has 31 heavy (non-hydrogen) atoms. The summed E-state index contributed by atoms with van der Waals surface area (Å²) >= 11 is 1.34. The molecule has 0 saturated heterocycles. The van der Waals surface area contributed by atoms with Crippen LogP contribution in [0.3, 0.4) is 0 Å². The van der Waals surface area contributed by atoms with Crippen molar-refractivity contribution in [1.82, 2.24) is 19.7 Å². The Hall–Kier alpha value is -3.64. The SMILES string of the molecule is N#Cc1ccc(CSc2nnc(-c3cccnc3)n2-c2cccc(C(F)(F)F)c2)cc1. The molecule has 2 aromatic heterocycles. The lowest BCUT2D eigenvalue weighted by atomic mass is 10.2. The molecule has 4 aromatic rings. The Kier molecular flexibility index (Phi) is 5.73. The number of rotatable bonds is 5. The quantitative estimate of drug-likeness (QED) is 0.385. The van der Waals surface area contributed by atoms with Crippen LogP contribution in [-0.2, 0) is 11.9 Å². The average Bonchev–Trinajstić information content (AvgIpc) is 3.22.